The van der Waals surface area contributed by atoms with Crippen LogP contribution in [0.1, 0.15) is 21.5 Å². The minimum Gasteiger partial charge on any atom is -0.506 e. The number of rotatable bonds is 2. The second-order valence-electron chi connectivity index (χ2n) is 4.91. The van der Waals surface area contributed by atoms with Gasteiger partial charge in [0.15, 0.2) is 0 Å². The summed E-state index contributed by atoms with van der Waals surface area (Å²) in [5.41, 5.74) is -3.95. The Kier molecular flexibility index (Phi) is 4.90. The third-order valence-electron chi connectivity index (χ3n) is 3.06. The lowest BCUT2D eigenvalue weighted by Crippen LogP contribution is -2.15. The predicted molar refractivity (Wildman–Crippen MR) is 77.5 cm³/mol. The van der Waals surface area contributed by atoms with E-state index in [4.69, 9.17) is 11.6 Å². The molecule has 2 rings (SSSR count). The standard InChI is InChI=1S/C15H8ClF6NO2/c16-11-3-7(1-2-12(11)24)13(25)23-10-5-8(14(17,18)19)4-9(6-10)15(20,21)22/h1-6,24H,(H,23,25). The number of benzene rings is 2. The van der Waals surface area contributed by atoms with Gasteiger partial charge in [-0.3, -0.25) is 4.79 Å². The fourth-order valence-electron chi connectivity index (χ4n) is 1.88. The third kappa shape index (κ3) is 4.56. The van der Waals surface area contributed by atoms with Gasteiger partial charge < -0.3 is 10.4 Å². The van der Waals surface area contributed by atoms with Gasteiger partial charge >= 0.3 is 12.4 Å². The molecule has 0 saturated carbocycles. The summed E-state index contributed by atoms with van der Waals surface area (Å²) in [6.07, 6.45) is -10.1. The van der Waals surface area contributed by atoms with Crippen LogP contribution in [0.3, 0.4) is 0 Å². The van der Waals surface area contributed by atoms with Gasteiger partial charge in [0, 0.05) is 11.3 Å². The number of anilines is 1. The minimum atomic E-state index is -5.03. The van der Waals surface area contributed by atoms with Gasteiger partial charge in [-0.25, -0.2) is 0 Å². The monoisotopic (exact) mass is 383 g/mol. The van der Waals surface area contributed by atoms with E-state index in [-0.39, 0.29) is 22.4 Å². The quantitative estimate of drug-likeness (QED) is 0.688. The van der Waals surface area contributed by atoms with E-state index in [9.17, 15) is 36.2 Å². The summed E-state index contributed by atoms with van der Waals surface area (Å²) >= 11 is 5.60. The van der Waals surface area contributed by atoms with Crippen LogP contribution in [0.2, 0.25) is 5.02 Å². The molecule has 1 amide bonds. The van der Waals surface area contributed by atoms with Gasteiger partial charge in [0.2, 0.25) is 0 Å². The second kappa shape index (κ2) is 6.47. The SMILES string of the molecule is O=C(Nc1cc(C(F)(F)F)cc(C(F)(F)F)c1)c1ccc(O)c(Cl)c1. The normalized spacial score (nSPS) is 12.1. The summed E-state index contributed by atoms with van der Waals surface area (Å²) in [5.74, 6) is -1.33. The van der Waals surface area contributed by atoms with Crippen molar-refractivity contribution in [3.8, 4) is 5.75 Å². The van der Waals surface area contributed by atoms with Crippen molar-refractivity contribution in [1.82, 2.24) is 0 Å². The average molecular weight is 384 g/mol. The fraction of sp³-hybridized carbons (Fsp3) is 0.133. The molecular formula is C15H8ClF6NO2. The maximum atomic E-state index is 12.8. The molecule has 0 heterocycles. The number of hydrogen-bond donors (Lipinski definition) is 2. The highest BCUT2D eigenvalue weighted by Crippen LogP contribution is 2.37. The molecule has 0 aliphatic carbocycles. The Morgan fingerprint density at radius 3 is 1.88 bits per heavy atom. The van der Waals surface area contributed by atoms with Crippen molar-refractivity contribution in [2.24, 2.45) is 0 Å². The second-order valence-corrected chi connectivity index (χ2v) is 5.32. The fourth-order valence-corrected chi connectivity index (χ4v) is 2.06. The van der Waals surface area contributed by atoms with Crippen molar-refractivity contribution in [1.29, 1.82) is 0 Å². The van der Waals surface area contributed by atoms with Crippen LogP contribution in [0.4, 0.5) is 32.0 Å². The van der Waals surface area contributed by atoms with Crippen LogP contribution >= 0.6 is 11.6 Å². The maximum Gasteiger partial charge on any atom is 0.416 e. The van der Waals surface area contributed by atoms with E-state index in [1.165, 1.54) is 0 Å². The molecule has 134 valence electrons. The molecule has 0 radical (unpaired) electrons. The van der Waals surface area contributed by atoms with Gasteiger partial charge in [0.1, 0.15) is 5.75 Å². The van der Waals surface area contributed by atoms with Crippen molar-refractivity contribution < 1.29 is 36.2 Å². The van der Waals surface area contributed by atoms with Crippen LogP contribution in [-0.2, 0) is 12.4 Å². The molecule has 0 fully saturated rings. The molecule has 25 heavy (non-hydrogen) atoms. The minimum absolute atomic E-state index is 0.0485. The van der Waals surface area contributed by atoms with Crippen LogP contribution in [0, 0.1) is 0 Å². The van der Waals surface area contributed by atoms with Gasteiger partial charge in [-0.2, -0.15) is 26.3 Å². The summed E-state index contributed by atoms with van der Waals surface area (Å²) in [7, 11) is 0. The first-order valence-electron chi connectivity index (χ1n) is 6.47. The number of aromatic hydroxyl groups is 1. The van der Waals surface area contributed by atoms with Gasteiger partial charge in [-0.1, -0.05) is 11.6 Å². The number of carbonyl (C=O) groups is 1. The first-order valence-corrected chi connectivity index (χ1v) is 6.85. The van der Waals surface area contributed by atoms with E-state index in [1.54, 1.807) is 0 Å². The molecule has 10 heteroatoms. The van der Waals surface area contributed by atoms with Gasteiger partial charge in [-0.15, -0.1) is 0 Å². The number of phenolic OH excluding ortho intramolecular Hbond substituents is 1. The highest BCUT2D eigenvalue weighted by atomic mass is 35.5. The van der Waals surface area contributed by atoms with Crippen molar-refractivity contribution >= 4 is 23.2 Å². The van der Waals surface area contributed by atoms with Gasteiger partial charge in [0.25, 0.3) is 5.91 Å². The number of alkyl halides is 6. The lowest BCUT2D eigenvalue weighted by molar-refractivity contribution is -0.143. The van der Waals surface area contributed by atoms with E-state index in [0.29, 0.717) is 12.1 Å². The molecule has 2 aromatic rings. The first-order chi connectivity index (χ1) is 11.4. The lowest BCUT2D eigenvalue weighted by atomic mass is 10.1. The molecule has 0 unspecified atom stereocenters. The predicted octanol–water partition coefficient (Wildman–Crippen LogP) is 5.34. The number of phenols is 1. The zero-order valence-corrected chi connectivity index (χ0v) is 12.7. The number of amides is 1. The smallest absolute Gasteiger partial charge is 0.416 e. The molecule has 0 aliphatic heterocycles. The Morgan fingerprint density at radius 2 is 1.44 bits per heavy atom. The molecule has 2 N–H and O–H groups in total. The van der Waals surface area contributed by atoms with Crippen LogP contribution in [0.15, 0.2) is 36.4 Å². The Balaban J connectivity index is 2.41. The summed E-state index contributed by atoms with van der Waals surface area (Å²) in [5, 5.41) is 11.0. The topological polar surface area (TPSA) is 49.3 Å². The highest BCUT2D eigenvalue weighted by molar-refractivity contribution is 6.32. The van der Waals surface area contributed by atoms with E-state index >= 15 is 0 Å². The van der Waals surface area contributed by atoms with Crippen molar-refractivity contribution in [2.75, 3.05) is 5.32 Å². The Morgan fingerprint density at radius 1 is 0.920 bits per heavy atom. The number of carbonyl (C=O) groups excluding carboxylic acids is 1. The summed E-state index contributed by atoms with van der Waals surface area (Å²) in [6.45, 7) is 0. The van der Waals surface area contributed by atoms with E-state index in [1.807, 2.05) is 5.32 Å². The average Bonchev–Trinajstić information content (AvgIpc) is 2.48. The van der Waals surface area contributed by atoms with Crippen LogP contribution in [-0.4, -0.2) is 11.0 Å². The molecule has 0 aliphatic rings. The molecule has 0 bridgehead atoms. The number of nitrogens with one attached hydrogen (secondary N) is 1. The first kappa shape index (κ1) is 18.9. The summed E-state index contributed by atoms with van der Waals surface area (Å²) in [4.78, 5) is 12.0. The van der Waals surface area contributed by atoms with Gasteiger partial charge in [-0.05, 0) is 36.4 Å². The zero-order chi connectivity index (χ0) is 19.0. The Bertz CT molecular complexity index is 784. The Labute approximate surface area is 141 Å². The van der Waals surface area contributed by atoms with E-state index in [2.05, 4.69) is 0 Å². The van der Waals surface area contributed by atoms with Crippen LogP contribution in [0.5, 0.6) is 5.75 Å². The van der Waals surface area contributed by atoms with Crippen molar-refractivity contribution in [3.05, 3.63) is 58.1 Å². The van der Waals surface area contributed by atoms with Crippen molar-refractivity contribution in [2.45, 2.75) is 12.4 Å². The zero-order valence-electron chi connectivity index (χ0n) is 12.0. The van der Waals surface area contributed by atoms with E-state index < -0.39 is 35.1 Å². The van der Waals surface area contributed by atoms with Crippen molar-refractivity contribution in [3.63, 3.8) is 0 Å². The molecule has 0 atom stereocenters. The summed E-state index contributed by atoms with van der Waals surface area (Å²) < 4.78 is 76.6. The maximum absolute atomic E-state index is 12.8. The van der Waals surface area contributed by atoms with Crippen LogP contribution in [0.25, 0.3) is 0 Å². The number of halogens is 7. The molecule has 2 aromatic carbocycles. The van der Waals surface area contributed by atoms with Gasteiger partial charge in [0.05, 0.1) is 16.1 Å². The molecule has 3 nitrogen and oxygen atoms in total. The molecular weight excluding hydrogens is 376 g/mol. The molecule has 0 aromatic heterocycles. The lowest BCUT2D eigenvalue weighted by Gasteiger charge is -2.15. The molecule has 0 spiro atoms. The number of hydrogen-bond acceptors (Lipinski definition) is 2. The summed E-state index contributed by atoms with van der Waals surface area (Å²) in [6, 6.07) is 3.90. The van der Waals surface area contributed by atoms with E-state index in [0.717, 1.165) is 18.2 Å². The largest absolute Gasteiger partial charge is 0.506 e. The van der Waals surface area contributed by atoms with Crippen LogP contribution < -0.4 is 5.32 Å². The third-order valence-corrected chi connectivity index (χ3v) is 3.36. The Hall–Kier alpha value is -2.42. The highest BCUT2D eigenvalue weighted by Gasteiger charge is 2.37. The molecule has 0 saturated heterocycles.